The SMILES string of the molecule is CC(C)Nc1nc2cc(Cl)c(Cl)cc2n1[C@H]1O[C@H](CO)[C@@H](O)[C@@H]1O. The van der Waals surface area contributed by atoms with Crippen molar-refractivity contribution < 1.29 is 20.1 Å². The van der Waals surface area contributed by atoms with Crippen LogP contribution in [-0.2, 0) is 4.74 Å². The maximum Gasteiger partial charge on any atom is 0.206 e. The number of hydrogen-bond acceptors (Lipinski definition) is 6. The van der Waals surface area contributed by atoms with E-state index in [1.54, 1.807) is 16.7 Å². The normalized spacial score (nSPS) is 27.3. The summed E-state index contributed by atoms with van der Waals surface area (Å²) < 4.78 is 7.26. The Bertz CT molecular complexity index is 752. The number of benzene rings is 1. The molecule has 4 N–H and O–H groups in total. The van der Waals surface area contributed by atoms with E-state index in [-0.39, 0.29) is 6.04 Å². The van der Waals surface area contributed by atoms with Gasteiger partial charge in [-0.05, 0) is 26.0 Å². The molecule has 2 heterocycles. The van der Waals surface area contributed by atoms with Crippen LogP contribution >= 0.6 is 23.2 Å². The molecule has 0 bridgehead atoms. The van der Waals surface area contributed by atoms with E-state index < -0.39 is 31.1 Å². The molecule has 1 aromatic heterocycles. The molecule has 24 heavy (non-hydrogen) atoms. The predicted molar refractivity (Wildman–Crippen MR) is 91.5 cm³/mol. The molecular formula is C15H19Cl2N3O4. The first-order valence-corrected chi connectivity index (χ1v) is 8.35. The van der Waals surface area contributed by atoms with Crippen LogP contribution < -0.4 is 5.32 Å². The highest BCUT2D eigenvalue weighted by Gasteiger charge is 2.44. The van der Waals surface area contributed by atoms with Gasteiger partial charge < -0.3 is 25.4 Å². The van der Waals surface area contributed by atoms with Crippen LogP contribution in [0.5, 0.6) is 0 Å². The number of imidazole rings is 1. The molecule has 9 heteroatoms. The third-order valence-electron chi connectivity index (χ3n) is 3.92. The lowest BCUT2D eigenvalue weighted by atomic mass is 10.1. The zero-order valence-electron chi connectivity index (χ0n) is 13.1. The van der Waals surface area contributed by atoms with Crippen molar-refractivity contribution in [3.8, 4) is 0 Å². The minimum Gasteiger partial charge on any atom is -0.394 e. The lowest BCUT2D eigenvalue weighted by Crippen LogP contribution is -2.33. The first-order chi connectivity index (χ1) is 11.3. The van der Waals surface area contributed by atoms with Gasteiger partial charge in [-0.15, -0.1) is 0 Å². The molecule has 3 rings (SSSR count). The fourth-order valence-corrected chi connectivity index (χ4v) is 3.12. The number of aliphatic hydroxyl groups is 3. The molecular weight excluding hydrogens is 357 g/mol. The summed E-state index contributed by atoms with van der Waals surface area (Å²) in [5.74, 6) is 0.452. The lowest BCUT2D eigenvalue weighted by Gasteiger charge is -2.21. The van der Waals surface area contributed by atoms with Crippen molar-refractivity contribution in [1.29, 1.82) is 0 Å². The zero-order chi connectivity index (χ0) is 17.6. The van der Waals surface area contributed by atoms with E-state index in [0.717, 1.165) is 0 Å². The highest BCUT2D eigenvalue weighted by Crippen LogP contribution is 2.37. The first kappa shape index (κ1) is 17.7. The van der Waals surface area contributed by atoms with Gasteiger partial charge in [-0.3, -0.25) is 4.57 Å². The van der Waals surface area contributed by atoms with Crippen molar-refractivity contribution >= 4 is 40.2 Å². The van der Waals surface area contributed by atoms with Crippen LogP contribution in [0.1, 0.15) is 20.1 Å². The van der Waals surface area contributed by atoms with Crippen LogP contribution in [0.25, 0.3) is 11.0 Å². The molecule has 2 aromatic rings. The number of hydrogen-bond donors (Lipinski definition) is 4. The van der Waals surface area contributed by atoms with Crippen molar-refractivity contribution in [3.05, 3.63) is 22.2 Å². The monoisotopic (exact) mass is 375 g/mol. The Kier molecular flexibility index (Phi) is 4.92. The van der Waals surface area contributed by atoms with Crippen molar-refractivity contribution in [1.82, 2.24) is 9.55 Å². The third-order valence-corrected chi connectivity index (χ3v) is 4.64. The van der Waals surface area contributed by atoms with Gasteiger partial charge in [0.1, 0.15) is 18.3 Å². The summed E-state index contributed by atoms with van der Waals surface area (Å²) in [6.45, 7) is 3.49. The quantitative estimate of drug-likeness (QED) is 0.649. The summed E-state index contributed by atoms with van der Waals surface area (Å²) >= 11 is 12.2. The summed E-state index contributed by atoms with van der Waals surface area (Å²) in [7, 11) is 0. The summed E-state index contributed by atoms with van der Waals surface area (Å²) in [5.41, 5.74) is 1.17. The van der Waals surface area contributed by atoms with Gasteiger partial charge in [0.2, 0.25) is 5.95 Å². The minimum atomic E-state index is -1.22. The molecule has 0 unspecified atom stereocenters. The first-order valence-electron chi connectivity index (χ1n) is 7.59. The zero-order valence-corrected chi connectivity index (χ0v) is 14.7. The van der Waals surface area contributed by atoms with Crippen LogP contribution in [0.15, 0.2) is 12.1 Å². The minimum absolute atomic E-state index is 0.0728. The maximum atomic E-state index is 10.4. The fraction of sp³-hybridized carbons (Fsp3) is 0.533. The smallest absolute Gasteiger partial charge is 0.206 e. The van der Waals surface area contributed by atoms with Crippen molar-refractivity contribution in [2.45, 2.75) is 44.4 Å². The Morgan fingerprint density at radius 2 is 1.92 bits per heavy atom. The molecule has 0 amide bonds. The van der Waals surface area contributed by atoms with E-state index in [0.29, 0.717) is 27.0 Å². The van der Waals surface area contributed by atoms with Gasteiger partial charge in [-0.2, -0.15) is 0 Å². The van der Waals surface area contributed by atoms with Gasteiger partial charge in [-0.25, -0.2) is 4.98 Å². The molecule has 1 aromatic carbocycles. The Morgan fingerprint density at radius 1 is 1.25 bits per heavy atom. The second-order valence-corrected chi connectivity index (χ2v) is 6.90. The second kappa shape index (κ2) is 6.67. The summed E-state index contributed by atoms with van der Waals surface area (Å²) in [4.78, 5) is 4.48. The number of halogens is 2. The number of rotatable bonds is 4. The summed E-state index contributed by atoms with van der Waals surface area (Å²) in [5, 5.41) is 33.6. The number of nitrogens with one attached hydrogen (secondary N) is 1. The average molecular weight is 376 g/mol. The van der Waals surface area contributed by atoms with Gasteiger partial charge in [0.25, 0.3) is 0 Å². The van der Waals surface area contributed by atoms with Gasteiger partial charge in [0.05, 0.1) is 27.7 Å². The predicted octanol–water partition coefficient (Wildman–Crippen LogP) is 1.77. The van der Waals surface area contributed by atoms with Crippen LogP contribution in [0.3, 0.4) is 0 Å². The lowest BCUT2D eigenvalue weighted by molar-refractivity contribution is -0.0499. The Hall–Kier alpha value is -1.09. The summed E-state index contributed by atoms with van der Waals surface area (Å²) in [6, 6.07) is 3.33. The molecule has 7 nitrogen and oxygen atoms in total. The average Bonchev–Trinajstić information content (AvgIpc) is 2.97. The van der Waals surface area contributed by atoms with Crippen molar-refractivity contribution in [3.63, 3.8) is 0 Å². The number of aliphatic hydroxyl groups excluding tert-OH is 3. The Labute approximate surface area is 148 Å². The van der Waals surface area contributed by atoms with Crippen LogP contribution in [0.2, 0.25) is 10.0 Å². The van der Waals surface area contributed by atoms with Crippen LogP contribution in [0, 0.1) is 0 Å². The van der Waals surface area contributed by atoms with Gasteiger partial charge in [0, 0.05) is 6.04 Å². The van der Waals surface area contributed by atoms with Crippen molar-refractivity contribution in [2.24, 2.45) is 0 Å². The number of anilines is 1. The molecule has 1 fully saturated rings. The van der Waals surface area contributed by atoms with Crippen molar-refractivity contribution in [2.75, 3.05) is 11.9 Å². The van der Waals surface area contributed by atoms with Gasteiger partial charge >= 0.3 is 0 Å². The number of ether oxygens (including phenoxy) is 1. The molecule has 0 spiro atoms. The molecule has 1 saturated heterocycles. The van der Waals surface area contributed by atoms with Gasteiger partial charge in [-0.1, -0.05) is 23.2 Å². The fourth-order valence-electron chi connectivity index (χ4n) is 2.80. The Morgan fingerprint density at radius 3 is 2.50 bits per heavy atom. The number of fused-ring (bicyclic) bond motifs is 1. The van der Waals surface area contributed by atoms with E-state index in [4.69, 9.17) is 27.9 Å². The second-order valence-electron chi connectivity index (χ2n) is 6.09. The molecule has 132 valence electrons. The third kappa shape index (κ3) is 2.96. The van der Waals surface area contributed by atoms with E-state index in [1.165, 1.54) is 0 Å². The maximum absolute atomic E-state index is 10.4. The van der Waals surface area contributed by atoms with Crippen LogP contribution in [0.4, 0.5) is 5.95 Å². The number of aromatic nitrogens is 2. The van der Waals surface area contributed by atoms with E-state index >= 15 is 0 Å². The summed E-state index contributed by atoms with van der Waals surface area (Å²) in [6.07, 6.45) is -4.22. The Balaban J connectivity index is 2.15. The molecule has 1 aliphatic rings. The largest absolute Gasteiger partial charge is 0.394 e. The highest BCUT2D eigenvalue weighted by atomic mass is 35.5. The van der Waals surface area contributed by atoms with Gasteiger partial charge in [0.15, 0.2) is 6.23 Å². The highest BCUT2D eigenvalue weighted by molar-refractivity contribution is 6.42. The molecule has 1 aliphatic heterocycles. The molecule has 4 atom stereocenters. The molecule has 0 radical (unpaired) electrons. The molecule has 0 saturated carbocycles. The van der Waals surface area contributed by atoms with Crippen LogP contribution in [-0.4, -0.2) is 55.8 Å². The van der Waals surface area contributed by atoms with E-state index in [1.807, 2.05) is 13.8 Å². The standard InChI is InChI=1S/C15H19Cl2N3O4/c1-6(2)18-15-19-9-3-7(16)8(17)4-10(9)20(15)14-13(23)12(22)11(5-21)24-14/h3-4,6,11-14,21-23H,5H2,1-2H3,(H,18,19)/t11-,12-,13+,14+/m1/s1. The topological polar surface area (TPSA) is 99.8 Å². The molecule has 0 aliphatic carbocycles. The number of nitrogens with zero attached hydrogens (tertiary/aromatic N) is 2. The van der Waals surface area contributed by atoms with E-state index in [2.05, 4.69) is 10.3 Å². The van der Waals surface area contributed by atoms with E-state index in [9.17, 15) is 15.3 Å².